The van der Waals surface area contributed by atoms with Crippen molar-refractivity contribution in [3.05, 3.63) is 54.1 Å². The fourth-order valence-corrected chi connectivity index (χ4v) is 2.16. The number of nitrogens with zero attached hydrogens (tertiary/aromatic N) is 2. The number of aryl methyl sites for hydroxylation is 1. The molecule has 0 spiro atoms. The van der Waals surface area contributed by atoms with Gasteiger partial charge in [0, 0.05) is 17.4 Å². The Kier molecular flexibility index (Phi) is 2.30. The van der Waals surface area contributed by atoms with E-state index in [2.05, 4.69) is 4.98 Å². The molecule has 2 heterocycles. The fraction of sp³-hybridized carbons (Fsp3) is 0.0714. The first-order valence-corrected chi connectivity index (χ1v) is 5.66. The van der Waals surface area contributed by atoms with Gasteiger partial charge in [-0.1, -0.05) is 12.1 Å². The van der Waals surface area contributed by atoms with Crippen LogP contribution in [-0.2, 0) is 0 Å². The molecule has 3 rings (SSSR count). The molecule has 0 radical (unpaired) electrons. The van der Waals surface area contributed by atoms with Crippen molar-refractivity contribution < 1.29 is 4.39 Å². The summed E-state index contributed by atoms with van der Waals surface area (Å²) in [6.45, 7) is 1.87. The van der Waals surface area contributed by atoms with Gasteiger partial charge >= 0.3 is 0 Å². The molecule has 3 nitrogen and oxygen atoms in total. The summed E-state index contributed by atoms with van der Waals surface area (Å²) in [6.07, 6.45) is 1.76. The van der Waals surface area contributed by atoms with Crippen molar-refractivity contribution >= 4 is 11.3 Å². The Morgan fingerprint density at radius 1 is 1.17 bits per heavy atom. The third-order valence-corrected chi connectivity index (χ3v) is 2.94. The van der Waals surface area contributed by atoms with Gasteiger partial charge in [0.05, 0.1) is 11.4 Å². The SMILES string of the molecule is Cc1nc2ccc(N)cn2c1-c1ccccc1F. The summed E-state index contributed by atoms with van der Waals surface area (Å²) in [5.74, 6) is -0.259. The van der Waals surface area contributed by atoms with Crippen molar-refractivity contribution in [3.8, 4) is 11.3 Å². The highest BCUT2D eigenvalue weighted by Gasteiger charge is 2.13. The predicted octanol–water partition coefficient (Wildman–Crippen LogP) is 3.03. The number of hydrogen-bond acceptors (Lipinski definition) is 2. The van der Waals surface area contributed by atoms with E-state index >= 15 is 0 Å². The summed E-state index contributed by atoms with van der Waals surface area (Å²) in [7, 11) is 0. The molecule has 0 unspecified atom stereocenters. The zero-order valence-corrected chi connectivity index (χ0v) is 9.89. The monoisotopic (exact) mass is 241 g/mol. The van der Waals surface area contributed by atoms with Crippen LogP contribution >= 0.6 is 0 Å². The molecule has 0 atom stereocenters. The lowest BCUT2D eigenvalue weighted by molar-refractivity contribution is 0.630. The summed E-state index contributed by atoms with van der Waals surface area (Å²) >= 11 is 0. The average molecular weight is 241 g/mol. The van der Waals surface area contributed by atoms with Gasteiger partial charge < -0.3 is 5.73 Å². The van der Waals surface area contributed by atoms with Gasteiger partial charge in [0.2, 0.25) is 0 Å². The van der Waals surface area contributed by atoms with Crippen molar-refractivity contribution in [2.24, 2.45) is 0 Å². The summed E-state index contributed by atoms with van der Waals surface area (Å²) < 4.78 is 15.7. The summed E-state index contributed by atoms with van der Waals surface area (Å²) in [4.78, 5) is 4.41. The molecule has 18 heavy (non-hydrogen) atoms. The molecule has 0 aliphatic rings. The number of imidazole rings is 1. The fourth-order valence-electron chi connectivity index (χ4n) is 2.16. The maximum absolute atomic E-state index is 13.9. The number of aromatic nitrogens is 2. The quantitative estimate of drug-likeness (QED) is 0.711. The van der Waals surface area contributed by atoms with Crippen molar-refractivity contribution in [3.63, 3.8) is 0 Å². The number of benzene rings is 1. The Labute approximate surface area is 104 Å². The molecule has 0 saturated heterocycles. The minimum absolute atomic E-state index is 0.259. The maximum atomic E-state index is 13.9. The lowest BCUT2D eigenvalue weighted by Gasteiger charge is -2.05. The first-order valence-electron chi connectivity index (χ1n) is 5.66. The second-order valence-corrected chi connectivity index (χ2v) is 4.22. The molecule has 0 aliphatic carbocycles. The highest BCUT2D eigenvalue weighted by molar-refractivity contribution is 5.68. The van der Waals surface area contributed by atoms with Gasteiger partial charge in [0.15, 0.2) is 0 Å². The Hall–Kier alpha value is -2.36. The van der Waals surface area contributed by atoms with Crippen LogP contribution in [0.1, 0.15) is 5.69 Å². The minimum atomic E-state index is -0.259. The van der Waals surface area contributed by atoms with Crippen LogP contribution in [0.4, 0.5) is 10.1 Å². The Balaban J connectivity index is 2.38. The number of nitrogens with two attached hydrogens (primary N) is 1. The van der Waals surface area contributed by atoms with Crippen LogP contribution < -0.4 is 5.73 Å². The van der Waals surface area contributed by atoms with Crippen LogP contribution in [-0.4, -0.2) is 9.38 Å². The number of nitrogen functional groups attached to an aromatic ring is 1. The second-order valence-electron chi connectivity index (χ2n) is 4.22. The lowest BCUT2D eigenvalue weighted by Crippen LogP contribution is -1.94. The third kappa shape index (κ3) is 1.54. The largest absolute Gasteiger partial charge is 0.398 e. The molecule has 4 heteroatoms. The summed E-state index contributed by atoms with van der Waals surface area (Å²) in [6, 6.07) is 10.3. The van der Waals surface area contributed by atoms with Crippen LogP contribution in [0, 0.1) is 12.7 Å². The van der Waals surface area contributed by atoms with Crippen molar-refractivity contribution in [2.75, 3.05) is 5.73 Å². The van der Waals surface area contributed by atoms with Gasteiger partial charge in [0.1, 0.15) is 11.5 Å². The maximum Gasteiger partial charge on any atom is 0.137 e. The van der Waals surface area contributed by atoms with Crippen LogP contribution in [0.15, 0.2) is 42.6 Å². The zero-order chi connectivity index (χ0) is 12.7. The smallest absolute Gasteiger partial charge is 0.137 e. The molecule has 1 aromatic carbocycles. The standard InChI is InChI=1S/C14H12FN3/c1-9-14(11-4-2-3-5-12(11)15)18-8-10(16)6-7-13(18)17-9/h2-8H,16H2,1H3. The number of anilines is 1. The van der Waals surface area contributed by atoms with E-state index in [1.165, 1.54) is 6.07 Å². The van der Waals surface area contributed by atoms with E-state index in [9.17, 15) is 4.39 Å². The minimum Gasteiger partial charge on any atom is -0.398 e. The molecular formula is C14H12FN3. The molecule has 0 amide bonds. The summed E-state index contributed by atoms with van der Waals surface area (Å²) in [5, 5.41) is 0. The highest BCUT2D eigenvalue weighted by atomic mass is 19.1. The number of rotatable bonds is 1. The van der Waals surface area contributed by atoms with E-state index in [-0.39, 0.29) is 5.82 Å². The number of pyridine rings is 1. The van der Waals surface area contributed by atoms with Crippen LogP contribution in [0.3, 0.4) is 0 Å². The molecule has 2 N–H and O–H groups in total. The molecule has 3 aromatic rings. The van der Waals surface area contributed by atoms with Gasteiger partial charge in [-0.15, -0.1) is 0 Å². The van der Waals surface area contributed by atoms with E-state index in [0.29, 0.717) is 11.3 Å². The van der Waals surface area contributed by atoms with E-state index < -0.39 is 0 Å². The number of fused-ring (bicyclic) bond motifs is 1. The molecule has 90 valence electrons. The first-order chi connectivity index (χ1) is 8.66. The Bertz CT molecular complexity index is 731. The molecule has 0 bridgehead atoms. The zero-order valence-electron chi connectivity index (χ0n) is 9.89. The van der Waals surface area contributed by atoms with Crippen LogP contribution in [0.2, 0.25) is 0 Å². The topological polar surface area (TPSA) is 43.3 Å². The number of halogens is 1. The lowest BCUT2D eigenvalue weighted by atomic mass is 10.1. The molecular weight excluding hydrogens is 229 g/mol. The molecule has 2 aromatic heterocycles. The number of hydrogen-bond donors (Lipinski definition) is 1. The molecule has 0 fully saturated rings. The van der Waals surface area contributed by atoms with Gasteiger partial charge in [-0.3, -0.25) is 4.40 Å². The third-order valence-electron chi connectivity index (χ3n) is 2.94. The Morgan fingerprint density at radius 2 is 1.94 bits per heavy atom. The molecule has 0 saturated carbocycles. The van der Waals surface area contributed by atoms with Gasteiger partial charge in [-0.2, -0.15) is 0 Å². The van der Waals surface area contributed by atoms with Gasteiger partial charge in [0.25, 0.3) is 0 Å². The van der Waals surface area contributed by atoms with E-state index in [1.54, 1.807) is 24.4 Å². The van der Waals surface area contributed by atoms with E-state index in [4.69, 9.17) is 5.73 Å². The first kappa shape index (κ1) is 10.8. The Morgan fingerprint density at radius 3 is 2.72 bits per heavy atom. The molecule has 0 aliphatic heterocycles. The normalized spacial score (nSPS) is 11.0. The van der Waals surface area contributed by atoms with E-state index in [0.717, 1.165) is 17.0 Å². The van der Waals surface area contributed by atoms with Crippen molar-refractivity contribution in [2.45, 2.75) is 6.92 Å². The predicted molar refractivity (Wildman–Crippen MR) is 69.7 cm³/mol. The van der Waals surface area contributed by atoms with Crippen molar-refractivity contribution in [1.29, 1.82) is 0 Å². The van der Waals surface area contributed by atoms with Crippen LogP contribution in [0.25, 0.3) is 16.9 Å². The van der Waals surface area contributed by atoms with Gasteiger partial charge in [-0.25, -0.2) is 9.37 Å². The summed E-state index contributed by atoms with van der Waals surface area (Å²) in [5.41, 5.74) is 9.23. The van der Waals surface area contributed by atoms with E-state index in [1.807, 2.05) is 23.5 Å². The van der Waals surface area contributed by atoms with Crippen LogP contribution in [0.5, 0.6) is 0 Å². The second kappa shape index (κ2) is 3.84. The average Bonchev–Trinajstić information content (AvgIpc) is 2.66. The highest BCUT2D eigenvalue weighted by Crippen LogP contribution is 2.27. The van der Waals surface area contributed by atoms with Gasteiger partial charge in [-0.05, 0) is 31.2 Å². The van der Waals surface area contributed by atoms with Crippen molar-refractivity contribution in [1.82, 2.24) is 9.38 Å².